The number of hydrogen-bond acceptors (Lipinski definition) is 5. The van der Waals surface area contributed by atoms with Gasteiger partial charge < -0.3 is 15.4 Å². The lowest BCUT2D eigenvalue weighted by atomic mass is 10.1. The maximum absolute atomic E-state index is 12.2. The van der Waals surface area contributed by atoms with E-state index >= 15 is 0 Å². The number of hydrogen-bond donors (Lipinski definition) is 2. The van der Waals surface area contributed by atoms with Crippen molar-refractivity contribution in [3.05, 3.63) is 82.6 Å². The van der Waals surface area contributed by atoms with Crippen LogP contribution in [0.5, 0.6) is 5.75 Å². The van der Waals surface area contributed by atoms with Gasteiger partial charge in [0.15, 0.2) is 0 Å². The zero-order valence-electron chi connectivity index (χ0n) is 15.5. The zero-order valence-corrected chi connectivity index (χ0v) is 16.2. The number of anilines is 1. The number of carbonyl (C=O) groups is 1. The van der Waals surface area contributed by atoms with Crippen molar-refractivity contribution >= 4 is 23.5 Å². The summed E-state index contributed by atoms with van der Waals surface area (Å²) in [6.45, 7) is 1.07. The molecule has 0 unspecified atom stereocenters. The van der Waals surface area contributed by atoms with E-state index in [4.69, 9.17) is 16.3 Å². The Morgan fingerprint density at radius 2 is 1.79 bits per heavy atom. The summed E-state index contributed by atoms with van der Waals surface area (Å²) in [5.41, 5.74) is 2.48. The van der Waals surface area contributed by atoms with Gasteiger partial charge in [-0.15, -0.1) is 0 Å². The van der Waals surface area contributed by atoms with E-state index in [0.29, 0.717) is 29.6 Å². The first-order valence-electron chi connectivity index (χ1n) is 8.86. The van der Waals surface area contributed by atoms with Crippen molar-refractivity contribution in [2.45, 2.75) is 13.0 Å². The highest BCUT2D eigenvalue weighted by Crippen LogP contribution is 2.17. The van der Waals surface area contributed by atoms with E-state index in [1.165, 1.54) is 12.4 Å². The van der Waals surface area contributed by atoms with E-state index in [1.54, 1.807) is 19.2 Å². The van der Waals surface area contributed by atoms with Crippen LogP contribution in [-0.2, 0) is 13.0 Å². The lowest BCUT2D eigenvalue weighted by Gasteiger charge is -2.09. The van der Waals surface area contributed by atoms with E-state index in [9.17, 15) is 4.79 Å². The van der Waals surface area contributed by atoms with Gasteiger partial charge in [-0.2, -0.15) is 0 Å². The van der Waals surface area contributed by atoms with Gasteiger partial charge in [0.1, 0.15) is 5.75 Å². The minimum Gasteiger partial charge on any atom is -0.496 e. The van der Waals surface area contributed by atoms with Gasteiger partial charge in [0, 0.05) is 30.5 Å². The van der Waals surface area contributed by atoms with Gasteiger partial charge in [-0.3, -0.25) is 4.79 Å². The van der Waals surface area contributed by atoms with Crippen LogP contribution in [0, 0.1) is 0 Å². The van der Waals surface area contributed by atoms with E-state index in [0.717, 1.165) is 23.3 Å². The van der Waals surface area contributed by atoms with Gasteiger partial charge in [0.05, 0.1) is 12.7 Å². The maximum atomic E-state index is 12.2. The fraction of sp³-hybridized carbons (Fsp3) is 0.190. The summed E-state index contributed by atoms with van der Waals surface area (Å²) in [7, 11) is 1.66. The van der Waals surface area contributed by atoms with Gasteiger partial charge in [-0.25, -0.2) is 9.97 Å². The van der Waals surface area contributed by atoms with Crippen molar-refractivity contribution in [1.29, 1.82) is 0 Å². The lowest BCUT2D eigenvalue weighted by Crippen LogP contribution is -2.23. The molecule has 0 fully saturated rings. The molecule has 3 aromatic rings. The first kappa shape index (κ1) is 19.6. The molecule has 3 rings (SSSR count). The number of rotatable bonds is 8. The molecule has 0 radical (unpaired) electrons. The van der Waals surface area contributed by atoms with Gasteiger partial charge in [0.2, 0.25) is 5.95 Å². The molecule has 1 aromatic heterocycles. The molecule has 144 valence electrons. The van der Waals surface area contributed by atoms with E-state index < -0.39 is 0 Å². The molecule has 0 bridgehead atoms. The second kappa shape index (κ2) is 9.71. The molecule has 0 aliphatic carbocycles. The molecule has 0 saturated heterocycles. The van der Waals surface area contributed by atoms with Crippen molar-refractivity contribution in [3.63, 3.8) is 0 Å². The van der Waals surface area contributed by atoms with Crippen LogP contribution in [-0.4, -0.2) is 29.5 Å². The molecule has 7 heteroatoms. The molecule has 0 atom stereocenters. The largest absolute Gasteiger partial charge is 0.496 e. The van der Waals surface area contributed by atoms with Crippen molar-refractivity contribution in [2.75, 3.05) is 19.0 Å². The molecule has 28 heavy (non-hydrogen) atoms. The van der Waals surface area contributed by atoms with Crippen LogP contribution in [0.2, 0.25) is 5.02 Å². The summed E-state index contributed by atoms with van der Waals surface area (Å²) in [5, 5.41) is 6.65. The van der Waals surface area contributed by atoms with Crippen molar-refractivity contribution in [2.24, 2.45) is 0 Å². The lowest BCUT2D eigenvalue weighted by molar-refractivity contribution is 0.0950. The van der Waals surface area contributed by atoms with Gasteiger partial charge in [-0.1, -0.05) is 41.9 Å². The Kier molecular flexibility index (Phi) is 6.81. The first-order chi connectivity index (χ1) is 13.7. The SMILES string of the molecule is COc1ccccc1CCNc1ncc(C(=O)NCc2ccc(Cl)cc2)cn1. The Labute approximate surface area is 168 Å². The van der Waals surface area contributed by atoms with Crippen LogP contribution in [0.3, 0.4) is 0 Å². The molecule has 1 heterocycles. The van der Waals surface area contributed by atoms with Crippen molar-refractivity contribution in [3.8, 4) is 5.75 Å². The monoisotopic (exact) mass is 396 g/mol. The molecule has 2 N–H and O–H groups in total. The topological polar surface area (TPSA) is 76.1 Å². The third-order valence-electron chi connectivity index (χ3n) is 4.15. The van der Waals surface area contributed by atoms with Crippen LogP contribution < -0.4 is 15.4 Å². The third-order valence-corrected chi connectivity index (χ3v) is 4.40. The average molecular weight is 397 g/mol. The predicted molar refractivity (Wildman–Crippen MR) is 110 cm³/mol. The van der Waals surface area contributed by atoms with Crippen molar-refractivity contribution in [1.82, 2.24) is 15.3 Å². The van der Waals surface area contributed by atoms with Gasteiger partial charge >= 0.3 is 0 Å². The zero-order chi connectivity index (χ0) is 19.8. The molecule has 0 aliphatic rings. The van der Waals surface area contributed by atoms with E-state index in [1.807, 2.05) is 36.4 Å². The Hall–Kier alpha value is -3.12. The quantitative estimate of drug-likeness (QED) is 0.606. The Bertz CT molecular complexity index is 914. The molecule has 6 nitrogen and oxygen atoms in total. The molecule has 1 amide bonds. The highest BCUT2D eigenvalue weighted by molar-refractivity contribution is 6.30. The fourth-order valence-electron chi connectivity index (χ4n) is 2.64. The van der Waals surface area contributed by atoms with E-state index in [-0.39, 0.29) is 5.91 Å². The number of halogens is 1. The van der Waals surface area contributed by atoms with Gasteiger partial charge in [-0.05, 0) is 35.7 Å². The average Bonchev–Trinajstić information content (AvgIpc) is 2.74. The molecule has 2 aromatic carbocycles. The number of amides is 1. The molecule has 0 saturated carbocycles. The third kappa shape index (κ3) is 5.44. The molecule has 0 aliphatic heterocycles. The Morgan fingerprint density at radius 1 is 1.07 bits per heavy atom. The minimum absolute atomic E-state index is 0.226. The van der Waals surface area contributed by atoms with Gasteiger partial charge in [0.25, 0.3) is 5.91 Å². The highest BCUT2D eigenvalue weighted by atomic mass is 35.5. The number of methoxy groups -OCH3 is 1. The Balaban J connectivity index is 1.48. The normalized spacial score (nSPS) is 10.4. The number of carbonyl (C=O) groups excluding carboxylic acids is 1. The molecular formula is C21H21ClN4O2. The van der Waals surface area contributed by atoms with Crippen LogP contribution in [0.1, 0.15) is 21.5 Å². The second-order valence-electron chi connectivity index (χ2n) is 6.09. The first-order valence-corrected chi connectivity index (χ1v) is 9.24. The number of nitrogens with zero attached hydrogens (tertiary/aromatic N) is 2. The standard InChI is InChI=1S/C21H21ClN4O2/c1-28-19-5-3-2-4-16(19)10-11-23-21-25-13-17(14-26-21)20(27)24-12-15-6-8-18(22)9-7-15/h2-9,13-14H,10-12H2,1H3,(H,24,27)(H,23,25,26). The summed E-state index contributed by atoms with van der Waals surface area (Å²) in [6.07, 6.45) is 3.79. The molecule has 0 spiro atoms. The smallest absolute Gasteiger partial charge is 0.254 e. The van der Waals surface area contributed by atoms with Crippen LogP contribution in [0.4, 0.5) is 5.95 Å². The fourth-order valence-corrected chi connectivity index (χ4v) is 2.77. The van der Waals surface area contributed by atoms with E-state index in [2.05, 4.69) is 20.6 Å². The van der Waals surface area contributed by atoms with Crippen molar-refractivity contribution < 1.29 is 9.53 Å². The van der Waals surface area contributed by atoms with Crippen LogP contribution >= 0.6 is 11.6 Å². The van der Waals surface area contributed by atoms with Crippen LogP contribution in [0.25, 0.3) is 0 Å². The summed E-state index contributed by atoms with van der Waals surface area (Å²) >= 11 is 5.86. The summed E-state index contributed by atoms with van der Waals surface area (Å²) in [6, 6.07) is 15.2. The number of ether oxygens (including phenoxy) is 1. The second-order valence-corrected chi connectivity index (χ2v) is 6.53. The number of aromatic nitrogens is 2. The summed E-state index contributed by atoms with van der Waals surface area (Å²) < 4.78 is 5.34. The summed E-state index contributed by atoms with van der Waals surface area (Å²) in [5.74, 6) is 1.11. The maximum Gasteiger partial charge on any atom is 0.254 e. The number of para-hydroxylation sites is 1. The summed E-state index contributed by atoms with van der Waals surface area (Å²) in [4.78, 5) is 20.6. The number of nitrogens with one attached hydrogen (secondary N) is 2. The minimum atomic E-state index is -0.226. The molecular weight excluding hydrogens is 376 g/mol. The Morgan fingerprint density at radius 3 is 2.50 bits per heavy atom. The number of benzene rings is 2. The van der Waals surface area contributed by atoms with Crippen LogP contribution in [0.15, 0.2) is 60.9 Å². The highest BCUT2D eigenvalue weighted by Gasteiger charge is 2.07. The predicted octanol–water partition coefficient (Wildman–Crippen LogP) is 3.72.